The first-order valence-electron chi connectivity index (χ1n) is 35.5. The molecule has 6 nitrogen and oxygen atoms in total. The van der Waals surface area contributed by atoms with Crippen LogP contribution >= 0.6 is 0 Å². The van der Waals surface area contributed by atoms with Crippen molar-refractivity contribution in [3.05, 3.63) is 36.5 Å². The third kappa shape index (κ3) is 66.3. The van der Waals surface area contributed by atoms with E-state index in [1.54, 1.807) is 0 Å². The average molecular weight is 1110 g/mol. The van der Waals surface area contributed by atoms with Crippen LogP contribution in [-0.4, -0.2) is 37.2 Å². The number of ether oxygens (including phenoxy) is 3. The summed E-state index contributed by atoms with van der Waals surface area (Å²) in [6.45, 7) is 6.61. The fourth-order valence-corrected chi connectivity index (χ4v) is 10.8. The molecule has 0 saturated carbocycles. The molecule has 0 bridgehead atoms. The Bertz CT molecular complexity index is 1320. The van der Waals surface area contributed by atoms with Gasteiger partial charge in [-0.25, -0.2) is 0 Å². The zero-order valence-electron chi connectivity index (χ0n) is 53.4. The number of carbonyl (C=O) groups is 3. The predicted molar refractivity (Wildman–Crippen MR) is 344 cm³/mol. The van der Waals surface area contributed by atoms with Gasteiger partial charge in [-0.15, -0.1) is 0 Å². The first kappa shape index (κ1) is 76.6. The Kier molecular flexibility index (Phi) is 66.1. The van der Waals surface area contributed by atoms with Gasteiger partial charge >= 0.3 is 17.9 Å². The Labute approximate surface area is 493 Å². The van der Waals surface area contributed by atoms with E-state index in [0.29, 0.717) is 19.3 Å². The van der Waals surface area contributed by atoms with Crippen molar-refractivity contribution < 1.29 is 28.6 Å². The van der Waals surface area contributed by atoms with Crippen molar-refractivity contribution in [3.8, 4) is 0 Å². The van der Waals surface area contributed by atoms with E-state index in [-0.39, 0.29) is 31.1 Å². The van der Waals surface area contributed by atoms with Crippen LogP contribution < -0.4 is 0 Å². The second-order valence-corrected chi connectivity index (χ2v) is 24.1. The molecule has 0 radical (unpaired) electrons. The largest absolute Gasteiger partial charge is 0.462 e. The van der Waals surface area contributed by atoms with E-state index < -0.39 is 6.10 Å². The molecule has 0 saturated heterocycles. The molecule has 0 aliphatic heterocycles. The minimum absolute atomic E-state index is 0.0672. The van der Waals surface area contributed by atoms with Gasteiger partial charge in [0.25, 0.3) is 0 Å². The maximum atomic E-state index is 12.9. The maximum Gasteiger partial charge on any atom is 0.306 e. The molecule has 464 valence electrons. The lowest BCUT2D eigenvalue weighted by Gasteiger charge is -2.18. The molecule has 1 unspecified atom stereocenters. The van der Waals surface area contributed by atoms with E-state index >= 15 is 0 Å². The molecule has 0 aliphatic rings. The van der Waals surface area contributed by atoms with Gasteiger partial charge in [-0.1, -0.05) is 333 Å². The van der Waals surface area contributed by atoms with E-state index in [1.165, 1.54) is 283 Å². The van der Waals surface area contributed by atoms with Crippen molar-refractivity contribution in [3.63, 3.8) is 0 Å². The molecule has 0 N–H and O–H groups in total. The van der Waals surface area contributed by atoms with Gasteiger partial charge in [-0.2, -0.15) is 0 Å². The van der Waals surface area contributed by atoms with Crippen LogP contribution in [0.25, 0.3) is 0 Å². The Morgan fingerprint density at radius 1 is 0.253 bits per heavy atom. The minimum Gasteiger partial charge on any atom is -0.462 e. The summed E-state index contributed by atoms with van der Waals surface area (Å²) in [6.07, 6.45) is 85.2. The molecule has 1 atom stereocenters. The van der Waals surface area contributed by atoms with Crippen LogP contribution in [0.1, 0.15) is 393 Å². The molecule has 0 aliphatic carbocycles. The van der Waals surface area contributed by atoms with Gasteiger partial charge in [0.05, 0.1) is 0 Å². The molecule has 0 heterocycles. The number of esters is 3. The summed E-state index contributed by atoms with van der Waals surface area (Å²) in [6, 6.07) is 0. The highest BCUT2D eigenvalue weighted by Crippen LogP contribution is 2.18. The minimum atomic E-state index is -0.766. The van der Waals surface area contributed by atoms with Crippen molar-refractivity contribution in [1.29, 1.82) is 0 Å². The van der Waals surface area contributed by atoms with Crippen LogP contribution in [0.5, 0.6) is 0 Å². The van der Waals surface area contributed by atoms with E-state index in [2.05, 4.69) is 57.2 Å². The number of allylic oxidation sites excluding steroid dienone is 6. The van der Waals surface area contributed by atoms with Crippen LogP contribution in [0.15, 0.2) is 36.5 Å². The number of hydrogen-bond donors (Lipinski definition) is 0. The quantitative estimate of drug-likeness (QED) is 0.0261. The van der Waals surface area contributed by atoms with Gasteiger partial charge in [-0.3, -0.25) is 14.4 Å². The van der Waals surface area contributed by atoms with Gasteiger partial charge < -0.3 is 14.2 Å². The molecule has 0 aromatic carbocycles. The summed E-state index contributed by atoms with van der Waals surface area (Å²) in [5.74, 6) is -0.856. The van der Waals surface area contributed by atoms with Crippen LogP contribution in [-0.2, 0) is 28.6 Å². The van der Waals surface area contributed by atoms with Crippen molar-refractivity contribution in [2.45, 2.75) is 399 Å². The van der Waals surface area contributed by atoms with Crippen molar-refractivity contribution in [2.75, 3.05) is 13.2 Å². The number of rotatable bonds is 66. The van der Waals surface area contributed by atoms with Crippen LogP contribution in [0, 0.1) is 0 Å². The van der Waals surface area contributed by atoms with E-state index in [4.69, 9.17) is 14.2 Å². The number of unbranched alkanes of at least 4 members (excludes halogenated alkanes) is 49. The first-order chi connectivity index (χ1) is 39.0. The van der Waals surface area contributed by atoms with Crippen molar-refractivity contribution >= 4 is 17.9 Å². The lowest BCUT2D eigenvalue weighted by Crippen LogP contribution is -2.30. The molecule has 0 rings (SSSR count). The Balaban J connectivity index is 3.92. The monoisotopic (exact) mass is 1110 g/mol. The third-order valence-corrected chi connectivity index (χ3v) is 16.1. The molecule has 0 amide bonds. The first-order valence-corrected chi connectivity index (χ1v) is 35.5. The smallest absolute Gasteiger partial charge is 0.306 e. The molecular weight excluding hydrogens is 973 g/mol. The van der Waals surface area contributed by atoms with Crippen LogP contribution in [0.4, 0.5) is 0 Å². The summed E-state index contributed by atoms with van der Waals surface area (Å²) in [4.78, 5) is 38.0. The second-order valence-electron chi connectivity index (χ2n) is 24.1. The van der Waals surface area contributed by atoms with Gasteiger partial charge in [0.2, 0.25) is 0 Å². The van der Waals surface area contributed by atoms with Gasteiger partial charge in [0.15, 0.2) is 6.10 Å². The maximum absolute atomic E-state index is 12.9. The molecule has 0 spiro atoms. The highest BCUT2D eigenvalue weighted by Gasteiger charge is 2.19. The highest BCUT2D eigenvalue weighted by molar-refractivity contribution is 5.71. The fraction of sp³-hybridized carbons (Fsp3) is 0.877. The van der Waals surface area contributed by atoms with Gasteiger partial charge in [0, 0.05) is 19.3 Å². The molecule has 0 aromatic heterocycles. The zero-order chi connectivity index (χ0) is 57.1. The number of hydrogen-bond acceptors (Lipinski definition) is 6. The Morgan fingerprint density at radius 3 is 0.709 bits per heavy atom. The van der Waals surface area contributed by atoms with Crippen LogP contribution in [0.2, 0.25) is 0 Å². The SMILES string of the molecule is CCCCCCC/C=C\C/C=C\CCCCCCCCCCCCCCCCCCCCCC(=O)OCC(COC(=O)CCCCCCC)OC(=O)CCCCCCCCCCCCCCC/C=C\CCCCCCCCCC. The molecule has 0 aromatic rings. The zero-order valence-corrected chi connectivity index (χ0v) is 53.4. The topological polar surface area (TPSA) is 78.9 Å². The summed E-state index contributed by atoms with van der Waals surface area (Å²) >= 11 is 0. The van der Waals surface area contributed by atoms with Gasteiger partial charge in [-0.05, 0) is 77.0 Å². The molecule has 79 heavy (non-hydrogen) atoms. The average Bonchev–Trinajstić information content (AvgIpc) is 3.45. The number of carbonyl (C=O) groups excluding carboxylic acids is 3. The Hall–Kier alpha value is -2.37. The summed E-state index contributed by atoms with van der Waals surface area (Å²) in [7, 11) is 0. The summed E-state index contributed by atoms with van der Waals surface area (Å²) < 4.78 is 16.8. The van der Waals surface area contributed by atoms with E-state index in [0.717, 1.165) is 70.6 Å². The van der Waals surface area contributed by atoms with E-state index in [1.807, 2.05) is 0 Å². The molecule has 6 heteroatoms. The highest BCUT2D eigenvalue weighted by atomic mass is 16.6. The van der Waals surface area contributed by atoms with Gasteiger partial charge in [0.1, 0.15) is 13.2 Å². The third-order valence-electron chi connectivity index (χ3n) is 16.1. The lowest BCUT2D eigenvalue weighted by atomic mass is 10.0. The van der Waals surface area contributed by atoms with Crippen molar-refractivity contribution in [2.24, 2.45) is 0 Å². The van der Waals surface area contributed by atoms with Crippen molar-refractivity contribution in [1.82, 2.24) is 0 Å². The summed E-state index contributed by atoms with van der Waals surface area (Å²) in [5, 5.41) is 0. The Morgan fingerprint density at radius 2 is 0.456 bits per heavy atom. The standard InChI is InChI=1S/C73H136O6/c1-4-7-10-13-15-17-19-21-23-25-27-29-31-33-34-35-36-37-38-40-41-43-45-47-49-51-53-55-57-60-63-66-72(75)78-69-70(68-77-71(74)65-62-59-12-9-6-3)79-73(76)67-64-61-58-56-54-52-50-48-46-44-42-39-32-30-28-26-24-22-20-18-16-14-11-8-5-2/h19,21,25-28,70H,4-18,20,22-24,29-69H2,1-3H3/b21-19-,27-25-,28-26-. The summed E-state index contributed by atoms with van der Waals surface area (Å²) in [5.41, 5.74) is 0. The molecule has 0 fully saturated rings. The molecular formula is C73H136O6. The lowest BCUT2D eigenvalue weighted by molar-refractivity contribution is -0.167. The van der Waals surface area contributed by atoms with E-state index in [9.17, 15) is 14.4 Å². The second kappa shape index (κ2) is 68.1. The normalized spacial score (nSPS) is 12.2. The fourth-order valence-electron chi connectivity index (χ4n) is 10.8. The predicted octanol–water partition coefficient (Wildman–Crippen LogP) is 24.3. The van der Waals surface area contributed by atoms with Crippen LogP contribution in [0.3, 0.4) is 0 Å².